The zero-order chi connectivity index (χ0) is 10.8. The molecule has 1 aromatic rings. The molecule has 0 radical (unpaired) electrons. The number of hydrogen-bond donors (Lipinski definition) is 1. The van der Waals surface area contributed by atoms with Crippen molar-refractivity contribution in [3.05, 3.63) is 35.4 Å². The molecule has 0 aliphatic carbocycles. The monoisotopic (exact) mass is 203 g/mol. The van der Waals surface area contributed by atoms with Gasteiger partial charge in [-0.25, -0.2) is 0 Å². The molecule has 2 nitrogen and oxygen atoms in total. The number of hydrogen-bond acceptors (Lipinski definition) is 2. The van der Waals surface area contributed by atoms with Crippen LogP contribution in [0.15, 0.2) is 29.4 Å². The van der Waals surface area contributed by atoms with Gasteiger partial charge in [0.15, 0.2) is 0 Å². The van der Waals surface area contributed by atoms with Gasteiger partial charge in [0, 0.05) is 0 Å². The van der Waals surface area contributed by atoms with Crippen LogP contribution in [0.2, 0.25) is 0 Å². The second-order valence-corrected chi connectivity index (χ2v) is 2.76. The van der Waals surface area contributed by atoms with E-state index in [0.29, 0.717) is 0 Å². The van der Waals surface area contributed by atoms with Crippen molar-refractivity contribution >= 4 is 5.71 Å². The fourth-order valence-corrected chi connectivity index (χ4v) is 0.978. The Kier molecular flexibility index (Phi) is 2.78. The van der Waals surface area contributed by atoms with Crippen LogP contribution in [0, 0.1) is 0 Å². The fourth-order valence-electron chi connectivity index (χ4n) is 0.978. The van der Waals surface area contributed by atoms with E-state index in [1.54, 1.807) is 0 Å². The molecule has 1 N–H and O–H groups in total. The Morgan fingerprint density at radius 2 is 2.00 bits per heavy atom. The van der Waals surface area contributed by atoms with Gasteiger partial charge >= 0.3 is 6.18 Å². The first-order chi connectivity index (χ1) is 6.45. The summed E-state index contributed by atoms with van der Waals surface area (Å²) in [5.74, 6) is 0. The van der Waals surface area contributed by atoms with Gasteiger partial charge in [-0.2, -0.15) is 13.2 Å². The van der Waals surface area contributed by atoms with E-state index in [2.05, 4.69) is 5.16 Å². The average Bonchev–Trinajstić information content (AvgIpc) is 2.15. The number of nitrogens with zero attached hydrogens (tertiary/aromatic N) is 1. The minimum atomic E-state index is -4.37. The van der Waals surface area contributed by atoms with Gasteiger partial charge in [-0.3, -0.25) is 0 Å². The van der Waals surface area contributed by atoms with Crippen LogP contribution >= 0.6 is 0 Å². The normalized spacial score (nSPS) is 13.0. The summed E-state index contributed by atoms with van der Waals surface area (Å²) in [7, 11) is 0. The van der Waals surface area contributed by atoms with Gasteiger partial charge in [0.25, 0.3) is 0 Å². The van der Waals surface area contributed by atoms with Crippen LogP contribution in [0.3, 0.4) is 0 Å². The Morgan fingerprint density at radius 1 is 1.36 bits per heavy atom. The zero-order valence-electron chi connectivity index (χ0n) is 7.34. The van der Waals surface area contributed by atoms with Crippen LogP contribution < -0.4 is 0 Å². The quantitative estimate of drug-likeness (QED) is 0.425. The minimum Gasteiger partial charge on any atom is -0.411 e. The molecule has 0 fully saturated rings. The van der Waals surface area contributed by atoms with E-state index < -0.39 is 11.7 Å². The smallest absolute Gasteiger partial charge is 0.411 e. The summed E-state index contributed by atoms with van der Waals surface area (Å²) in [6.07, 6.45) is -4.37. The SMILES string of the molecule is C/C(=N/O)c1cccc(C(F)(F)F)c1. The second kappa shape index (κ2) is 3.69. The molecule has 0 spiro atoms. The van der Waals surface area contributed by atoms with Crippen LogP contribution in [-0.2, 0) is 6.18 Å². The Balaban J connectivity index is 3.14. The standard InChI is InChI=1S/C9H8F3NO/c1-6(13-14)7-3-2-4-8(5-7)9(10,11)12/h2-5,14H,1H3/b13-6-. The van der Waals surface area contributed by atoms with E-state index in [9.17, 15) is 13.2 Å². The highest BCUT2D eigenvalue weighted by atomic mass is 19.4. The predicted octanol–water partition coefficient (Wildman–Crippen LogP) is 2.90. The van der Waals surface area contributed by atoms with Crippen molar-refractivity contribution in [2.75, 3.05) is 0 Å². The molecule has 0 aliphatic heterocycles. The highest BCUT2D eigenvalue weighted by Crippen LogP contribution is 2.29. The molecule has 1 aromatic carbocycles. The maximum atomic E-state index is 12.2. The molecule has 0 aliphatic rings. The molecule has 0 heterocycles. The van der Waals surface area contributed by atoms with Gasteiger partial charge in [-0.05, 0) is 24.6 Å². The van der Waals surface area contributed by atoms with Crippen molar-refractivity contribution in [3.63, 3.8) is 0 Å². The first kappa shape index (κ1) is 10.6. The largest absolute Gasteiger partial charge is 0.416 e. The van der Waals surface area contributed by atoms with Gasteiger partial charge in [-0.15, -0.1) is 0 Å². The van der Waals surface area contributed by atoms with E-state index in [4.69, 9.17) is 5.21 Å². The molecular formula is C9H8F3NO. The topological polar surface area (TPSA) is 32.6 Å². The summed E-state index contributed by atoms with van der Waals surface area (Å²) in [6.45, 7) is 1.43. The highest BCUT2D eigenvalue weighted by Gasteiger charge is 2.30. The van der Waals surface area contributed by atoms with Crippen LogP contribution in [0.4, 0.5) is 13.2 Å². The molecule has 0 amide bonds. The maximum absolute atomic E-state index is 12.2. The zero-order valence-corrected chi connectivity index (χ0v) is 7.34. The van der Waals surface area contributed by atoms with Crippen LogP contribution in [0.5, 0.6) is 0 Å². The highest BCUT2D eigenvalue weighted by molar-refractivity contribution is 5.98. The first-order valence-corrected chi connectivity index (χ1v) is 3.81. The number of halogens is 3. The van der Waals surface area contributed by atoms with Gasteiger partial charge < -0.3 is 5.21 Å². The van der Waals surface area contributed by atoms with Gasteiger partial charge in [0.1, 0.15) is 0 Å². The predicted molar refractivity (Wildman–Crippen MR) is 45.4 cm³/mol. The van der Waals surface area contributed by atoms with Crippen molar-refractivity contribution in [2.45, 2.75) is 13.1 Å². The Morgan fingerprint density at radius 3 is 2.50 bits per heavy atom. The minimum absolute atomic E-state index is 0.149. The van der Waals surface area contributed by atoms with Crippen molar-refractivity contribution in [1.29, 1.82) is 0 Å². The Bertz CT molecular complexity index is 357. The summed E-state index contributed by atoms with van der Waals surface area (Å²) in [5, 5.41) is 11.2. The fraction of sp³-hybridized carbons (Fsp3) is 0.222. The lowest BCUT2D eigenvalue weighted by Crippen LogP contribution is -2.06. The summed E-state index contributed by atoms with van der Waals surface area (Å²) in [4.78, 5) is 0. The molecule has 0 atom stereocenters. The van der Waals surface area contributed by atoms with E-state index in [1.807, 2.05) is 0 Å². The lowest BCUT2D eigenvalue weighted by molar-refractivity contribution is -0.137. The second-order valence-electron chi connectivity index (χ2n) is 2.76. The van der Waals surface area contributed by atoms with E-state index >= 15 is 0 Å². The van der Waals surface area contributed by atoms with Gasteiger partial charge in [0.05, 0.1) is 11.3 Å². The molecule has 0 aromatic heterocycles. The van der Waals surface area contributed by atoms with Crippen molar-refractivity contribution in [3.8, 4) is 0 Å². The molecule has 76 valence electrons. The lowest BCUT2D eigenvalue weighted by Gasteiger charge is -2.07. The van der Waals surface area contributed by atoms with Crippen LogP contribution in [0.25, 0.3) is 0 Å². The Labute approximate surface area is 78.7 Å². The van der Waals surface area contributed by atoms with E-state index in [-0.39, 0.29) is 11.3 Å². The third kappa shape index (κ3) is 2.25. The molecule has 14 heavy (non-hydrogen) atoms. The summed E-state index contributed by atoms with van der Waals surface area (Å²) in [5.41, 5.74) is -0.351. The molecule has 5 heteroatoms. The summed E-state index contributed by atoms with van der Waals surface area (Å²) < 4.78 is 36.7. The number of rotatable bonds is 1. The molecule has 0 saturated carbocycles. The number of benzene rings is 1. The molecule has 0 bridgehead atoms. The molecule has 1 rings (SSSR count). The average molecular weight is 203 g/mol. The third-order valence-corrected chi connectivity index (χ3v) is 1.76. The lowest BCUT2D eigenvalue weighted by atomic mass is 10.1. The van der Waals surface area contributed by atoms with Gasteiger partial charge in [-0.1, -0.05) is 17.3 Å². The van der Waals surface area contributed by atoms with E-state index in [1.165, 1.54) is 19.1 Å². The maximum Gasteiger partial charge on any atom is 0.416 e. The Hall–Kier alpha value is -1.52. The van der Waals surface area contributed by atoms with E-state index in [0.717, 1.165) is 12.1 Å². The van der Waals surface area contributed by atoms with Crippen molar-refractivity contribution < 1.29 is 18.4 Å². The summed E-state index contributed by atoms with van der Waals surface area (Å²) in [6, 6.07) is 4.63. The number of alkyl halides is 3. The van der Waals surface area contributed by atoms with Crippen LogP contribution in [-0.4, -0.2) is 10.9 Å². The third-order valence-electron chi connectivity index (χ3n) is 1.76. The van der Waals surface area contributed by atoms with Crippen molar-refractivity contribution in [1.82, 2.24) is 0 Å². The van der Waals surface area contributed by atoms with Crippen molar-refractivity contribution in [2.24, 2.45) is 5.16 Å². The molecule has 0 saturated heterocycles. The molecule has 0 unspecified atom stereocenters. The molecular weight excluding hydrogens is 195 g/mol. The number of oxime groups is 1. The van der Waals surface area contributed by atoms with Crippen LogP contribution in [0.1, 0.15) is 18.1 Å². The first-order valence-electron chi connectivity index (χ1n) is 3.81. The summed E-state index contributed by atoms with van der Waals surface area (Å²) >= 11 is 0. The van der Waals surface area contributed by atoms with Gasteiger partial charge in [0.2, 0.25) is 0 Å².